The third kappa shape index (κ3) is 3.98. The van der Waals surface area contributed by atoms with Crippen LogP contribution in [0.2, 0.25) is 0 Å². The largest absolute Gasteiger partial charge is 0.0948 e. The van der Waals surface area contributed by atoms with Crippen LogP contribution in [0, 0.1) is 17.8 Å². The second-order valence-corrected chi connectivity index (χ2v) is 4.38. The summed E-state index contributed by atoms with van der Waals surface area (Å²) in [5, 5.41) is 0. The molecule has 14 heavy (non-hydrogen) atoms. The van der Waals surface area contributed by atoms with Gasteiger partial charge in [-0.15, -0.1) is 0 Å². The topological polar surface area (TPSA) is 0 Å². The van der Waals surface area contributed by atoms with E-state index in [0.29, 0.717) is 5.92 Å². The molecule has 1 heteroatoms. The molecule has 0 fully saturated rings. The Morgan fingerprint density at radius 1 is 1.29 bits per heavy atom. The van der Waals surface area contributed by atoms with Crippen molar-refractivity contribution in [2.75, 3.05) is 0 Å². The smallest absolute Gasteiger partial charge is 0.0246 e. The van der Waals surface area contributed by atoms with Gasteiger partial charge in [-0.2, -0.15) is 0 Å². The molecule has 1 atom stereocenters. The van der Waals surface area contributed by atoms with Gasteiger partial charge in [0.25, 0.3) is 0 Å². The molecule has 0 aromatic heterocycles. The molecule has 0 aliphatic heterocycles. The predicted molar refractivity (Wildman–Crippen MR) is 65.1 cm³/mol. The lowest BCUT2D eigenvalue weighted by Crippen LogP contribution is -1.88. The van der Waals surface area contributed by atoms with Crippen LogP contribution < -0.4 is 0 Å². The SMILES string of the molecule is CCCC(C)C#Cc1ccc(Br)cc1. The van der Waals surface area contributed by atoms with Crippen molar-refractivity contribution in [1.29, 1.82) is 0 Å². The monoisotopic (exact) mass is 250 g/mol. The van der Waals surface area contributed by atoms with Gasteiger partial charge in [0, 0.05) is 16.0 Å². The fraction of sp³-hybridized carbons (Fsp3) is 0.385. The highest BCUT2D eigenvalue weighted by Crippen LogP contribution is 2.10. The van der Waals surface area contributed by atoms with Crippen LogP contribution in [0.3, 0.4) is 0 Å². The van der Waals surface area contributed by atoms with Gasteiger partial charge in [-0.3, -0.25) is 0 Å². The summed E-state index contributed by atoms with van der Waals surface area (Å²) in [4.78, 5) is 0. The number of hydrogen-bond acceptors (Lipinski definition) is 0. The zero-order valence-corrected chi connectivity index (χ0v) is 10.3. The Morgan fingerprint density at radius 2 is 1.93 bits per heavy atom. The minimum Gasteiger partial charge on any atom is -0.0948 e. The number of rotatable bonds is 2. The molecular weight excluding hydrogens is 236 g/mol. The summed E-state index contributed by atoms with van der Waals surface area (Å²) in [6.07, 6.45) is 2.39. The van der Waals surface area contributed by atoms with Gasteiger partial charge in [0.1, 0.15) is 0 Å². The molecule has 0 N–H and O–H groups in total. The van der Waals surface area contributed by atoms with Crippen molar-refractivity contribution in [3.8, 4) is 11.8 Å². The summed E-state index contributed by atoms with van der Waals surface area (Å²) in [7, 11) is 0. The lowest BCUT2D eigenvalue weighted by Gasteiger charge is -1.98. The van der Waals surface area contributed by atoms with E-state index in [0.717, 1.165) is 10.0 Å². The van der Waals surface area contributed by atoms with E-state index in [1.807, 2.05) is 24.3 Å². The molecule has 0 saturated carbocycles. The van der Waals surface area contributed by atoms with Crippen LogP contribution in [0.25, 0.3) is 0 Å². The van der Waals surface area contributed by atoms with E-state index in [-0.39, 0.29) is 0 Å². The molecule has 1 rings (SSSR count). The van der Waals surface area contributed by atoms with Gasteiger partial charge in [0.15, 0.2) is 0 Å². The average Bonchev–Trinajstić information content (AvgIpc) is 2.17. The Labute approximate surface area is 94.9 Å². The third-order valence-electron chi connectivity index (χ3n) is 2.03. The molecule has 1 unspecified atom stereocenters. The predicted octanol–water partition coefficient (Wildman–Crippen LogP) is 4.24. The first-order valence-corrected chi connectivity index (χ1v) is 5.78. The average molecular weight is 251 g/mol. The first kappa shape index (κ1) is 11.3. The van der Waals surface area contributed by atoms with Gasteiger partial charge in [-0.25, -0.2) is 0 Å². The Balaban J connectivity index is 2.63. The van der Waals surface area contributed by atoms with Gasteiger partial charge in [-0.1, -0.05) is 48.0 Å². The van der Waals surface area contributed by atoms with Gasteiger partial charge < -0.3 is 0 Å². The highest BCUT2D eigenvalue weighted by Gasteiger charge is 1.93. The van der Waals surface area contributed by atoms with Crippen LogP contribution in [0.1, 0.15) is 32.3 Å². The van der Waals surface area contributed by atoms with Crippen LogP contribution in [-0.4, -0.2) is 0 Å². The Bertz CT molecular complexity index is 326. The van der Waals surface area contributed by atoms with Crippen LogP contribution in [0.15, 0.2) is 28.7 Å². The maximum absolute atomic E-state index is 3.40. The molecule has 0 heterocycles. The van der Waals surface area contributed by atoms with E-state index in [4.69, 9.17) is 0 Å². The summed E-state index contributed by atoms with van der Waals surface area (Å²) in [5.74, 6) is 6.94. The molecule has 0 saturated heterocycles. The van der Waals surface area contributed by atoms with E-state index >= 15 is 0 Å². The second kappa shape index (κ2) is 5.88. The second-order valence-electron chi connectivity index (χ2n) is 3.47. The quantitative estimate of drug-likeness (QED) is 0.690. The summed E-state index contributed by atoms with van der Waals surface area (Å²) >= 11 is 3.40. The van der Waals surface area contributed by atoms with E-state index in [2.05, 4.69) is 41.6 Å². The highest BCUT2D eigenvalue weighted by molar-refractivity contribution is 9.10. The third-order valence-corrected chi connectivity index (χ3v) is 2.56. The highest BCUT2D eigenvalue weighted by atomic mass is 79.9. The number of halogens is 1. The van der Waals surface area contributed by atoms with Crippen molar-refractivity contribution < 1.29 is 0 Å². The Hall–Kier alpha value is -0.740. The summed E-state index contributed by atoms with van der Waals surface area (Å²) in [6.45, 7) is 4.37. The van der Waals surface area contributed by atoms with Crippen LogP contribution >= 0.6 is 15.9 Å². The van der Waals surface area contributed by atoms with E-state index < -0.39 is 0 Å². The normalized spacial score (nSPS) is 11.6. The van der Waals surface area contributed by atoms with Gasteiger partial charge in [0.2, 0.25) is 0 Å². The summed E-state index contributed by atoms with van der Waals surface area (Å²) in [6, 6.07) is 8.12. The van der Waals surface area contributed by atoms with Crippen LogP contribution in [0.5, 0.6) is 0 Å². The van der Waals surface area contributed by atoms with Gasteiger partial charge >= 0.3 is 0 Å². The first-order chi connectivity index (χ1) is 6.72. The van der Waals surface area contributed by atoms with Crippen molar-refractivity contribution in [2.45, 2.75) is 26.7 Å². The molecule has 0 spiro atoms. The maximum atomic E-state index is 3.40. The molecule has 0 nitrogen and oxygen atoms in total. The van der Waals surface area contributed by atoms with Crippen LogP contribution in [0.4, 0.5) is 0 Å². The Morgan fingerprint density at radius 3 is 2.50 bits per heavy atom. The van der Waals surface area contributed by atoms with Crippen molar-refractivity contribution >= 4 is 15.9 Å². The molecule has 0 amide bonds. The first-order valence-electron chi connectivity index (χ1n) is 4.99. The van der Waals surface area contributed by atoms with Crippen molar-refractivity contribution in [2.24, 2.45) is 5.92 Å². The van der Waals surface area contributed by atoms with Gasteiger partial charge in [-0.05, 0) is 30.7 Å². The summed E-state index contributed by atoms with van der Waals surface area (Å²) in [5.41, 5.74) is 1.09. The molecule has 0 aliphatic carbocycles. The lowest BCUT2D eigenvalue weighted by atomic mass is 10.1. The van der Waals surface area contributed by atoms with Crippen molar-refractivity contribution in [3.63, 3.8) is 0 Å². The molecule has 1 aromatic carbocycles. The molecular formula is C13H15Br. The van der Waals surface area contributed by atoms with E-state index in [1.165, 1.54) is 12.8 Å². The van der Waals surface area contributed by atoms with E-state index in [1.54, 1.807) is 0 Å². The summed E-state index contributed by atoms with van der Waals surface area (Å²) < 4.78 is 1.10. The molecule has 74 valence electrons. The zero-order valence-electron chi connectivity index (χ0n) is 8.68. The van der Waals surface area contributed by atoms with Gasteiger partial charge in [0.05, 0.1) is 0 Å². The Kier molecular flexibility index (Phi) is 4.76. The number of benzene rings is 1. The fourth-order valence-electron chi connectivity index (χ4n) is 1.24. The molecule has 0 bridgehead atoms. The minimum absolute atomic E-state index is 0.503. The number of hydrogen-bond donors (Lipinski definition) is 0. The maximum Gasteiger partial charge on any atom is 0.0246 e. The standard InChI is InChI=1S/C13H15Br/c1-3-4-11(2)5-6-12-7-9-13(14)10-8-12/h7-11H,3-4H2,1-2H3. The molecule has 1 aromatic rings. The minimum atomic E-state index is 0.503. The molecule has 0 aliphatic rings. The fourth-order valence-corrected chi connectivity index (χ4v) is 1.51. The van der Waals surface area contributed by atoms with Crippen LogP contribution in [-0.2, 0) is 0 Å². The van der Waals surface area contributed by atoms with Crippen molar-refractivity contribution in [3.05, 3.63) is 34.3 Å². The van der Waals surface area contributed by atoms with E-state index in [9.17, 15) is 0 Å². The molecule has 0 radical (unpaired) electrons. The van der Waals surface area contributed by atoms with Crippen molar-refractivity contribution in [1.82, 2.24) is 0 Å². The zero-order chi connectivity index (χ0) is 10.4. The lowest BCUT2D eigenvalue weighted by molar-refractivity contribution is 0.653.